The van der Waals surface area contributed by atoms with Crippen LogP contribution < -0.4 is 0 Å². The molecule has 112 valence electrons. The third kappa shape index (κ3) is 2.80. The molecule has 0 aliphatic carbocycles. The van der Waals surface area contributed by atoms with Crippen LogP contribution in [0, 0.1) is 0 Å². The van der Waals surface area contributed by atoms with Crippen molar-refractivity contribution in [2.75, 3.05) is 19.6 Å². The Bertz CT molecular complexity index is 641. The number of likely N-dealkylation sites (tertiary alicyclic amines) is 1. The third-order valence-corrected chi connectivity index (χ3v) is 3.74. The van der Waals surface area contributed by atoms with Gasteiger partial charge in [0.05, 0.1) is 12.7 Å². The zero-order valence-corrected chi connectivity index (χ0v) is 11.9. The highest BCUT2D eigenvalue weighted by Crippen LogP contribution is 2.22. The molecule has 8 nitrogen and oxygen atoms in total. The summed E-state index contributed by atoms with van der Waals surface area (Å²) in [7, 11) is 1.79. The quantitative estimate of drug-likeness (QED) is 0.861. The van der Waals surface area contributed by atoms with Gasteiger partial charge in [-0.1, -0.05) is 5.21 Å². The van der Waals surface area contributed by atoms with Crippen molar-refractivity contribution in [3.05, 3.63) is 18.1 Å². The van der Waals surface area contributed by atoms with Crippen LogP contribution in [0.25, 0.3) is 11.3 Å². The van der Waals surface area contributed by atoms with Gasteiger partial charge in [0.15, 0.2) is 5.69 Å². The lowest BCUT2D eigenvalue weighted by Gasteiger charge is -2.14. The zero-order chi connectivity index (χ0) is 14.8. The number of hydrogen-bond acceptors (Lipinski definition) is 5. The molecule has 21 heavy (non-hydrogen) atoms. The lowest BCUT2D eigenvalue weighted by molar-refractivity contribution is 0.0691. The molecule has 2 aromatic rings. The van der Waals surface area contributed by atoms with Gasteiger partial charge in [0.2, 0.25) is 0 Å². The van der Waals surface area contributed by atoms with Crippen LogP contribution in [-0.4, -0.2) is 60.4 Å². The van der Waals surface area contributed by atoms with Crippen molar-refractivity contribution < 1.29 is 9.90 Å². The summed E-state index contributed by atoms with van der Waals surface area (Å²) in [6.45, 7) is 3.69. The van der Waals surface area contributed by atoms with Gasteiger partial charge in [-0.05, 0) is 25.9 Å². The summed E-state index contributed by atoms with van der Waals surface area (Å²) < 4.78 is 3.30. The van der Waals surface area contributed by atoms with E-state index in [0.29, 0.717) is 12.2 Å². The van der Waals surface area contributed by atoms with E-state index in [1.807, 2.05) is 0 Å². The van der Waals surface area contributed by atoms with Crippen LogP contribution >= 0.6 is 0 Å². The number of nitrogens with zero attached hydrogens (tertiary/aromatic N) is 6. The van der Waals surface area contributed by atoms with Gasteiger partial charge in [0, 0.05) is 25.4 Å². The maximum absolute atomic E-state index is 11.3. The first kappa shape index (κ1) is 13.7. The fourth-order valence-electron chi connectivity index (χ4n) is 2.69. The Hall–Kier alpha value is -2.22. The van der Waals surface area contributed by atoms with E-state index in [1.54, 1.807) is 28.8 Å². The Labute approximate surface area is 122 Å². The van der Waals surface area contributed by atoms with Crippen molar-refractivity contribution in [1.29, 1.82) is 0 Å². The predicted molar refractivity (Wildman–Crippen MR) is 74.9 cm³/mol. The molecule has 1 N–H and O–H groups in total. The van der Waals surface area contributed by atoms with Gasteiger partial charge >= 0.3 is 5.97 Å². The molecule has 0 unspecified atom stereocenters. The van der Waals surface area contributed by atoms with Crippen molar-refractivity contribution in [1.82, 2.24) is 29.7 Å². The highest BCUT2D eigenvalue weighted by Gasteiger charge is 2.22. The molecule has 3 heterocycles. The van der Waals surface area contributed by atoms with E-state index in [0.717, 1.165) is 25.2 Å². The monoisotopic (exact) mass is 290 g/mol. The molecule has 0 saturated carbocycles. The fraction of sp³-hybridized carbons (Fsp3) is 0.538. The molecular formula is C13H18N6O2. The van der Waals surface area contributed by atoms with Gasteiger partial charge in [-0.25, -0.2) is 9.48 Å². The van der Waals surface area contributed by atoms with E-state index in [9.17, 15) is 9.90 Å². The van der Waals surface area contributed by atoms with Crippen LogP contribution in [0.2, 0.25) is 0 Å². The van der Waals surface area contributed by atoms with E-state index in [2.05, 4.69) is 20.3 Å². The minimum atomic E-state index is -1.07. The first-order valence-corrected chi connectivity index (χ1v) is 7.03. The average molecular weight is 290 g/mol. The SMILES string of the molecule is Cn1cc(-c2c(C(=O)O)nnn2CCN2CCCC2)cn1. The minimum Gasteiger partial charge on any atom is -0.476 e. The van der Waals surface area contributed by atoms with Crippen molar-refractivity contribution in [3.63, 3.8) is 0 Å². The van der Waals surface area contributed by atoms with Crippen molar-refractivity contribution in [2.45, 2.75) is 19.4 Å². The van der Waals surface area contributed by atoms with Crippen LogP contribution in [-0.2, 0) is 13.6 Å². The van der Waals surface area contributed by atoms with Gasteiger partial charge in [0.25, 0.3) is 0 Å². The first-order chi connectivity index (χ1) is 10.1. The predicted octanol–water partition coefficient (Wildman–Crippen LogP) is 0.473. The lowest BCUT2D eigenvalue weighted by Crippen LogP contribution is -2.24. The maximum atomic E-state index is 11.3. The number of carboxylic acid groups (broad SMARTS) is 1. The molecule has 0 atom stereocenters. The van der Waals surface area contributed by atoms with E-state index in [-0.39, 0.29) is 5.69 Å². The summed E-state index contributed by atoms with van der Waals surface area (Å²) in [5, 5.41) is 21.2. The Morgan fingerprint density at radius 3 is 2.71 bits per heavy atom. The molecule has 8 heteroatoms. The van der Waals surface area contributed by atoms with Gasteiger partial charge in [-0.2, -0.15) is 5.10 Å². The second-order valence-electron chi connectivity index (χ2n) is 5.27. The molecule has 1 fully saturated rings. The third-order valence-electron chi connectivity index (χ3n) is 3.74. The first-order valence-electron chi connectivity index (χ1n) is 7.03. The molecular weight excluding hydrogens is 272 g/mol. The van der Waals surface area contributed by atoms with E-state index < -0.39 is 5.97 Å². The van der Waals surface area contributed by atoms with Crippen molar-refractivity contribution in [3.8, 4) is 11.3 Å². The van der Waals surface area contributed by atoms with Gasteiger partial charge in [-0.3, -0.25) is 4.68 Å². The largest absolute Gasteiger partial charge is 0.476 e. The van der Waals surface area contributed by atoms with Gasteiger partial charge in [-0.15, -0.1) is 5.10 Å². The Kier molecular flexibility index (Phi) is 3.70. The highest BCUT2D eigenvalue weighted by molar-refractivity contribution is 5.92. The fourth-order valence-corrected chi connectivity index (χ4v) is 2.69. The summed E-state index contributed by atoms with van der Waals surface area (Å²) >= 11 is 0. The van der Waals surface area contributed by atoms with Crippen molar-refractivity contribution in [2.24, 2.45) is 7.05 Å². The topological polar surface area (TPSA) is 89.1 Å². The molecule has 0 radical (unpaired) electrons. The Morgan fingerprint density at radius 2 is 2.10 bits per heavy atom. The number of carboxylic acids is 1. The summed E-state index contributed by atoms with van der Waals surface area (Å²) in [6.07, 6.45) is 5.87. The second kappa shape index (κ2) is 5.65. The molecule has 1 aliphatic heterocycles. The molecule has 2 aromatic heterocycles. The maximum Gasteiger partial charge on any atom is 0.358 e. The van der Waals surface area contributed by atoms with Crippen LogP contribution in [0.4, 0.5) is 0 Å². The molecule has 0 amide bonds. The average Bonchev–Trinajstić information content (AvgIpc) is 3.15. The van der Waals surface area contributed by atoms with E-state index in [1.165, 1.54) is 12.8 Å². The lowest BCUT2D eigenvalue weighted by atomic mass is 10.2. The molecule has 0 bridgehead atoms. The number of aromatic carboxylic acids is 1. The molecule has 0 spiro atoms. The summed E-state index contributed by atoms with van der Waals surface area (Å²) in [5.74, 6) is -1.07. The van der Waals surface area contributed by atoms with Crippen LogP contribution in [0.3, 0.4) is 0 Å². The van der Waals surface area contributed by atoms with Gasteiger partial charge in [0.1, 0.15) is 5.69 Å². The van der Waals surface area contributed by atoms with E-state index in [4.69, 9.17) is 0 Å². The zero-order valence-electron chi connectivity index (χ0n) is 11.9. The van der Waals surface area contributed by atoms with Crippen molar-refractivity contribution >= 4 is 5.97 Å². The number of carbonyl (C=O) groups is 1. The van der Waals surface area contributed by atoms with Crippen LogP contribution in [0.5, 0.6) is 0 Å². The highest BCUT2D eigenvalue weighted by atomic mass is 16.4. The summed E-state index contributed by atoms with van der Waals surface area (Å²) in [5.41, 5.74) is 1.22. The summed E-state index contributed by atoms with van der Waals surface area (Å²) in [4.78, 5) is 13.7. The van der Waals surface area contributed by atoms with Gasteiger partial charge < -0.3 is 10.0 Å². The molecule has 3 rings (SSSR count). The van der Waals surface area contributed by atoms with Crippen LogP contribution in [0.1, 0.15) is 23.3 Å². The normalized spacial score (nSPS) is 15.7. The van der Waals surface area contributed by atoms with Crippen LogP contribution in [0.15, 0.2) is 12.4 Å². The molecule has 0 aromatic carbocycles. The number of aromatic nitrogens is 5. The Morgan fingerprint density at radius 1 is 1.33 bits per heavy atom. The summed E-state index contributed by atoms with van der Waals surface area (Å²) in [6, 6.07) is 0. The second-order valence-corrected chi connectivity index (χ2v) is 5.27. The number of hydrogen-bond donors (Lipinski definition) is 1. The smallest absolute Gasteiger partial charge is 0.358 e. The molecule has 1 aliphatic rings. The molecule has 1 saturated heterocycles. The number of aryl methyl sites for hydroxylation is 1. The Balaban J connectivity index is 1.87. The van der Waals surface area contributed by atoms with E-state index >= 15 is 0 Å². The number of rotatable bonds is 5. The minimum absolute atomic E-state index is 0.0237. The standard InChI is InChI=1S/C13H18N6O2/c1-17-9-10(8-14-17)12-11(13(20)21)15-16-19(12)7-6-18-4-2-3-5-18/h8-9H,2-7H2,1H3,(H,20,21).